The number of carbonyl (C=O) groups excluding carboxylic acids is 1. The summed E-state index contributed by atoms with van der Waals surface area (Å²) in [6.45, 7) is 1.75. The van der Waals surface area contributed by atoms with E-state index in [0.29, 0.717) is 5.82 Å². The average Bonchev–Trinajstić information content (AvgIpc) is 3.03. The number of nitrogens with one attached hydrogen (secondary N) is 2. The first-order chi connectivity index (χ1) is 11.2. The summed E-state index contributed by atoms with van der Waals surface area (Å²) >= 11 is 0. The van der Waals surface area contributed by atoms with Crippen LogP contribution in [0.3, 0.4) is 0 Å². The molecule has 2 N–H and O–H groups in total. The highest BCUT2D eigenvalue weighted by Gasteiger charge is 2.34. The zero-order chi connectivity index (χ0) is 17.5. The zero-order valence-electron chi connectivity index (χ0n) is 12.9. The summed E-state index contributed by atoms with van der Waals surface area (Å²) in [6, 6.07) is 4.21. The van der Waals surface area contributed by atoms with Crippen LogP contribution in [0.4, 0.5) is 14.9 Å². The fraction of sp³-hybridized carbons (Fsp3) is 0.286. The van der Waals surface area contributed by atoms with E-state index in [9.17, 15) is 17.6 Å². The number of aryl methyl sites for hydroxylation is 1. The van der Waals surface area contributed by atoms with Gasteiger partial charge in [-0.1, -0.05) is 0 Å². The number of carbonyl (C=O) groups is 1. The predicted octanol–water partition coefficient (Wildman–Crippen LogP) is 1.36. The Morgan fingerprint density at radius 1 is 1.46 bits per heavy atom. The van der Waals surface area contributed by atoms with Crippen LogP contribution in [0, 0.1) is 12.7 Å². The van der Waals surface area contributed by atoms with Crippen LogP contribution in [0.2, 0.25) is 0 Å². The van der Waals surface area contributed by atoms with Crippen molar-refractivity contribution in [3.63, 3.8) is 0 Å². The first-order valence-electron chi connectivity index (χ1n) is 7.00. The maximum Gasteiger partial charge on any atom is 0.416 e. The van der Waals surface area contributed by atoms with E-state index in [4.69, 9.17) is 4.74 Å². The van der Waals surface area contributed by atoms with Gasteiger partial charge in [0.05, 0.1) is 24.1 Å². The number of hydrogen-bond donors (Lipinski definition) is 2. The number of anilines is 1. The molecule has 2 aromatic rings. The minimum absolute atomic E-state index is 0.0510. The lowest BCUT2D eigenvalue weighted by molar-refractivity contribution is 0.136. The molecule has 1 aliphatic heterocycles. The second-order valence-electron chi connectivity index (χ2n) is 5.45. The van der Waals surface area contributed by atoms with Gasteiger partial charge in [-0.2, -0.15) is 4.72 Å². The van der Waals surface area contributed by atoms with Crippen molar-refractivity contribution >= 4 is 21.8 Å². The van der Waals surface area contributed by atoms with E-state index in [1.54, 1.807) is 19.2 Å². The Morgan fingerprint density at radius 2 is 2.21 bits per heavy atom. The number of amides is 1. The molecule has 1 aromatic carbocycles. The summed E-state index contributed by atoms with van der Waals surface area (Å²) in [7, 11) is -3.53. The van der Waals surface area contributed by atoms with Gasteiger partial charge < -0.3 is 9.72 Å². The number of cyclic esters (lactones) is 1. The second kappa shape index (κ2) is 5.87. The van der Waals surface area contributed by atoms with Gasteiger partial charge in [0, 0.05) is 11.9 Å². The fourth-order valence-electron chi connectivity index (χ4n) is 2.39. The van der Waals surface area contributed by atoms with Gasteiger partial charge in [-0.3, -0.25) is 4.90 Å². The molecule has 1 fully saturated rings. The van der Waals surface area contributed by atoms with Crippen molar-refractivity contribution < 1.29 is 22.3 Å². The Balaban J connectivity index is 1.83. The van der Waals surface area contributed by atoms with Crippen molar-refractivity contribution in [2.45, 2.75) is 13.2 Å². The molecule has 0 spiro atoms. The van der Waals surface area contributed by atoms with Crippen molar-refractivity contribution in [3.8, 4) is 11.4 Å². The van der Waals surface area contributed by atoms with Crippen LogP contribution in [0.15, 0.2) is 24.4 Å². The Kier molecular flexibility index (Phi) is 4.01. The van der Waals surface area contributed by atoms with Gasteiger partial charge in [0.25, 0.3) is 0 Å². The number of nitrogens with zero attached hydrogens (tertiary/aromatic N) is 2. The van der Waals surface area contributed by atoms with E-state index >= 15 is 0 Å². The molecular formula is C14H15FN4O4S. The van der Waals surface area contributed by atoms with Crippen molar-refractivity contribution in [1.29, 1.82) is 0 Å². The van der Waals surface area contributed by atoms with Crippen LogP contribution in [-0.2, 0) is 14.8 Å². The maximum absolute atomic E-state index is 14.3. The van der Waals surface area contributed by atoms with Crippen LogP contribution in [0.25, 0.3) is 11.4 Å². The molecule has 0 bridgehead atoms. The van der Waals surface area contributed by atoms with E-state index in [1.165, 1.54) is 12.1 Å². The Labute approximate surface area is 137 Å². The molecule has 1 aliphatic rings. The minimum atomic E-state index is -3.53. The first kappa shape index (κ1) is 16.4. The summed E-state index contributed by atoms with van der Waals surface area (Å²) in [5, 5.41) is 0. The third-order valence-electron chi connectivity index (χ3n) is 3.38. The molecule has 8 nitrogen and oxygen atoms in total. The Bertz CT molecular complexity index is 896. The number of aromatic nitrogens is 2. The van der Waals surface area contributed by atoms with Gasteiger partial charge in [-0.05, 0) is 25.1 Å². The highest BCUT2D eigenvalue weighted by atomic mass is 32.2. The van der Waals surface area contributed by atoms with E-state index < -0.39 is 28.2 Å². The highest BCUT2D eigenvalue weighted by molar-refractivity contribution is 7.88. The molecule has 0 unspecified atom stereocenters. The number of ether oxygens (including phenoxy) is 1. The van der Waals surface area contributed by atoms with Gasteiger partial charge >= 0.3 is 6.09 Å². The molecule has 1 saturated heterocycles. The highest BCUT2D eigenvalue weighted by Crippen LogP contribution is 2.27. The van der Waals surface area contributed by atoms with Gasteiger partial charge in [0.2, 0.25) is 10.0 Å². The molecule has 1 aromatic heterocycles. The summed E-state index contributed by atoms with van der Waals surface area (Å²) in [4.78, 5) is 20.0. The topological polar surface area (TPSA) is 104 Å². The van der Waals surface area contributed by atoms with E-state index in [0.717, 1.165) is 16.8 Å². The van der Waals surface area contributed by atoms with Crippen molar-refractivity contribution in [3.05, 3.63) is 35.9 Å². The number of benzene rings is 1. The largest absolute Gasteiger partial charge is 0.427 e. The lowest BCUT2D eigenvalue weighted by Crippen LogP contribution is -2.37. The summed E-state index contributed by atoms with van der Waals surface area (Å²) in [5.74, 6) is -0.175. The van der Waals surface area contributed by atoms with Crippen LogP contribution in [0.5, 0.6) is 0 Å². The zero-order valence-corrected chi connectivity index (χ0v) is 13.7. The van der Waals surface area contributed by atoms with Gasteiger partial charge in [-0.25, -0.2) is 22.6 Å². The number of rotatable bonds is 4. The third-order valence-corrected chi connectivity index (χ3v) is 4.07. The summed E-state index contributed by atoms with van der Waals surface area (Å²) in [5.41, 5.74) is 1.33. The Morgan fingerprint density at radius 3 is 2.79 bits per heavy atom. The quantitative estimate of drug-likeness (QED) is 0.863. The van der Waals surface area contributed by atoms with Crippen LogP contribution in [0.1, 0.15) is 5.69 Å². The maximum atomic E-state index is 14.3. The summed E-state index contributed by atoms with van der Waals surface area (Å²) < 4.78 is 43.9. The molecule has 0 aliphatic carbocycles. The molecule has 10 heteroatoms. The molecule has 24 heavy (non-hydrogen) atoms. The molecule has 2 heterocycles. The lowest BCUT2D eigenvalue weighted by atomic mass is 10.1. The third kappa shape index (κ3) is 3.39. The van der Waals surface area contributed by atoms with E-state index in [-0.39, 0.29) is 17.8 Å². The van der Waals surface area contributed by atoms with Gasteiger partial charge in [0.1, 0.15) is 11.6 Å². The molecule has 1 atom stereocenters. The average molecular weight is 354 g/mol. The van der Waals surface area contributed by atoms with Crippen molar-refractivity contribution in [2.24, 2.45) is 0 Å². The molecule has 0 radical (unpaired) electrons. The molecular weight excluding hydrogens is 339 g/mol. The van der Waals surface area contributed by atoms with Gasteiger partial charge in [0.15, 0.2) is 6.23 Å². The number of halogens is 1. The lowest BCUT2D eigenvalue weighted by Gasteiger charge is -2.14. The Hall–Kier alpha value is -2.46. The number of imidazole rings is 1. The molecule has 128 valence electrons. The number of sulfonamides is 1. The number of aromatic amines is 1. The predicted molar refractivity (Wildman–Crippen MR) is 84.3 cm³/mol. The van der Waals surface area contributed by atoms with Crippen LogP contribution in [-0.4, -0.2) is 43.5 Å². The minimum Gasteiger partial charge on any atom is -0.427 e. The van der Waals surface area contributed by atoms with Crippen LogP contribution >= 0.6 is 0 Å². The number of hydrogen-bond acceptors (Lipinski definition) is 5. The monoisotopic (exact) mass is 354 g/mol. The first-order valence-corrected chi connectivity index (χ1v) is 8.89. The van der Waals surface area contributed by atoms with Crippen LogP contribution < -0.4 is 9.62 Å². The fourth-order valence-corrected chi connectivity index (χ4v) is 2.99. The summed E-state index contributed by atoms with van der Waals surface area (Å²) in [6.07, 6.45) is 0.783. The second-order valence-corrected chi connectivity index (χ2v) is 7.23. The van der Waals surface area contributed by atoms with Gasteiger partial charge in [-0.15, -0.1) is 0 Å². The number of H-pyrrole nitrogens is 1. The van der Waals surface area contributed by atoms with E-state index in [2.05, 4.69) is 14.7 Å². The van der Waals surface area contributed by atoms with Crippen molar-refractivity contribution in [1.82, 2.24) is 14.7 Å². The molecule has 3 rings (SSSR count). The van der Waals surface area contributed by atoms with Crippen molar-refractivity contribution in [2.75, 3.05) is 17.7 Å². The smallest absolute Gasteiger partial charge is 0.416 e. The molecule has 0 saturated carbocycles. The SMILES string of the molecule is Cc1cnc(-c2ccc(N3C[C@@H](NS(C)(=O)=O)OC3=O)cc2F)[nH]1. The molecule has 1 amide bonds. The standard InChI is InChI=1S/C14H15FN4O4S/c1-8-6-16-13(17-8)10-4-3-9(5-11(10)15)19-7-12(23-14(19)20)18-24(2,21)22/h3-6,12,18H,7H2,1-2H3,(H,16,17)/t12-/m0/s1. The van der Waals surface area contributed by atoms with E-state index in [1.807, 2.05) is 0 Å². The normalized spacial score (nSPS) is 18.0.